The van der Waals surface area contributed by atoms with Gasteiger partial charge in [-0.2, -0.15) is 0 Å². The molecule has 0 spiro atoms. The van der Waals surface area contributed by atoms with Crippen LogP contribution in [-0.2, 0) is 0 Å². The zero-order chi connectivity index (χ0) is 14.4. The number of rotatable bonds is 6. The summed E-state index contributed by atoms with van der Waals surface area (Å²) in [5.41, 5.74) is 0.782. The largest absolute Gasteiger partial charge is 0.497 e. The second-order valence-electron chi connectivity index (χ2n) is 4.28. The van der Waals surface area contributed by atoms with Crippen molar-refractivity contribution >= 4 is 11.8 Å². The van der Waals surface area contributed by atoms with Crippen molar-refractivity contribution in [2.24, 2.45) is 0 Å². The third-order valence-corrected chi connectivity index (χ3v) is 3.69. The van der Waals surface area contributed by atoms with E-state index in [0.717, 1.165) is 17.1 Å². The molecule has 0 aromatic heterocycles. The molecule has 0 heterocycles. The third kappa shape index (κ3) is 3.92. The van der Waals surface area contributed by atoms with Gasteiger partial charge in [-0.05, 0) is 48.2 Å². The van der Waals surface area contributed by atoms with Crippen molar-refractivity contribution in [2.45, 2.75) is 11.0 Å². The van der Waals surface area contributed by atoms with Crippen molar-refractivity contribution in [3.05, 3.63) is 54.1 Å². The number of ether oxygens (including phenoxy) is 2. The Labute approximate surface area is 123 Å². The molecule has 0 bridgehead atoms. The van der Waals surface area contributed by atoms with Gasteiger partial charge in [0.25, 0.3) is 0 Å². The molecule has 0 radical (unpaired) electrons. The minimum absolute atomic E-state index is 0.214. The number of methoxy groups -OCH3 is 1. The van der Waals surface area contributed by atoms with Crippen molar-refractivity contribution in [1.82, 2.24) is 0 Å². The highest BCUT2D eigenvalue weighted by atomic mass is 32.2. The first kappa shape index (κ1) is 14.8. The first-order valence-electron chi connectivity index (χ1n) is 6.32. The molecule has 1 atom stereocenters. The number of hydrogen-bond acceptors (Lipinski definition) is 4. The van der Waals surface area contributed by atoms with Crippen molar-refractivity contribution in [3.63, 3.8) is 0 Å². The Hall–Kier alpha value is -1.65. The van der Waals surface area contributed by atoms with Crippen LogP contribution in [0, 0.1) is 0 Å². The summed E-state index contributed by atoms with van der Waals surface area (Å²) in [6.45, 7) is 0.214. The fraction of sp³-hybridized carbons (Fsp3) is 0.250. The minimum atomic E-state index is -0.676. The zero-order valence-corrected chi connectivity index (χ0v) is 12.4. The summed E-state index contributed by atoms with van der Waals surface area (Å²) >= 11 is 1.68. The van der Waals surface area contributed by atoms with Gasteiger partial charge in [0.05, 0.1) is 7.11 Å². The van der Waals surface area contributed by atoms with Crippen LogP contribution >= 0.6 is 11.8 Å². The third-order valence-electron chi connectivity index (χ3n) is 2.95. The predicted molar refractivity (Wildman–Crippen MR) is 81.7 cm³/mol. The fourth-order valence-corrected chi connectivity index (χ4v) is 2.20. The van der Waals surface area contributed by atoms with Crippen LogP contribution in [0.3, 0.4) is 0 Å². The van der Waals surface area contributed by atoms with Crippen molar-refractivity contribution in [1.29, 1.82) is 0 Å². The summed E-state index contributed by atoms with van der Waals surface area (Å²) in [6, 6.07) is 15.2. The van der Waals surface area contributed by atoms with Gasteiger partial charge in [0.15, 0.2) is 0 Å². The van der Waals surface area contributed by atoms with E-state index >= 15 is 0 Å². The average Bonchev–Trinajstić information content (AvgIpc) is 2.53. The molecule has 4 heteroatoms. The van der Waals surface area contributed by atoms with Gasteiger partial charge >= 0.3 is 0 Å². The van der Waals surface area contributed by atoms with E-state index in [-0.39, 0.29) is 6.61 Å². The number of aliphatic hydroxyl groups excluding tert-OH is 1. The monoisotopic (exact) mass is 290 g/mol. The molecule has 2 rings (SSSR count). The van der Waals surface area contributed by atoms with Gasteiger partial charge in [0, 0.05) is 4.90 Å². The van der Waals surface area contributed by atoms with Gasteiger partial charge in [-0.25, -0.2) is 0 Å². The van der Waals surface area contributed by atoms with E-state index < -0.39 is 6.10 Å². The Balaban J connectivity index is 1.95. The number of hydrogen-bond donors (Lipinski definition) is 1. The van der Waals surface area contributed by atoms with Crippen molar-refractivity contribution in [3.8, 4) is 11.5 Å². The maximum atomic E-state index is 10.1. The van der Waals surface area contributed by atoms with Crippen LogP contribution in [0.4, 0.5) is 0 Å². The lowest BCUT2D eigenvalue weighted by Gasteiger charge is -2.13. The summed E-state index contributed by atoms with van der Waals surface area (Å²) in [7, 11) is 1.61. The van der Waals surface area contributed by atoms with Gasteiger partial charge in [-0.3, -0.25) is 0 Å². The van der Waals surface area contributed by atoms with Crippen molar-refractivity contribution in [2.75, 3.05) is 20.0 Å². The average molecular weight is 290 g/mol. The molecule has 0 saturated heterocycles. The highest BCUT2D eigenvalue weighted by molar-refractivity contribution is 7.98. The maximum absolute atomic E-state index is 10.1. The predicted octanol–water partition coefficient (Wildman–Crippen LogP) is 3.53. The molecule has 20 heavy (non-hydrogen) atoms. The van der Waals surface area contributed by atoms with E-state index in [1.54, 1.807) is 18.9 Å². The molecule has 0 saturated carbocycles. The molecule has 0 aliphatic rings. The Bertz CT molecular complexity index is 540. The second kappa shape index (κ2) is 7.22. The summed E-state index contributed by atoms with van der Waals surface area (Å²) in [5.74, 6) is 1.48. The molecule has 3 nitrogen and oxygen atoms in total. The molecule has 0 aliphatic carbocycles. The van der Waals surface area contributed by atoms with Crippen LogP contribution in [0.15, 0.2) is 53.4 Å². The maximum Gasteiger partial charge on any atom is 0.119 e. The Kier molecular flexibility index (Phi) is 5.32. The molecule has 106 valence electrons. The second-order valence-corrected chi connectivity index (χ2v) is 5.16. The Morgan fingerprint density at radius 2 is 1.85 bits per heavy atom. The zero-order valence-electron chi connectivity index (χ0n) is 11.6. The first-order chi connectivity index (χ1) is 9.72. The van der Waals surface area contributed by atoms with E-state index in [0.29, 0.717) is 0 Å². The highest BCUT2D eigenvalue weighted by Crippen LogP contribution is 2.22. The molecule has 0 aliphatic heterocycles. The van der Waals surface area contributed by atoms with Gasteiger partial charge < -0.3 is 14.6 Å². The number of benzene rings is 2. The van der Waals surface area contributed by atoms with Gasteiger partial charge in [-0.15, -0.1) is 11.8 Å². The number of thioether (sulfide) groups is 1. The molecule has 2 aromatic carbocycles. The van der Waals surface area contributed by atoms with Gasteiger partial charge in [-0.1, -0.05) is 12.1 Å². The van der Waals surface area contributed by atoms with E-state index in [9.17, 15) is 5.11 Å². The quantitative estimate of drug-likeness (QED) is 0.826. The summed E-state index contributed by atoms with van der Waals surface area (Å²) in [6.07, 6.45) is 1.35. The van der Waals surface area contributed by atoms with Crippen LogP contribution in [0.1, 0.15) is 11.7 Å². The summed E-state index contributed by atoms with van der Waals surface area (Å²) < 4.78 is 10.7. The van der Waals surface area contributed by atoms with Crippen LogP contribution in [0.25, 0.3) is 0 Å². The standard InChI is InChI=1S/C16H18O3S/c1-18-14-5-3-4-12(10-14)16(17)11-19-13-6-8-15(20-2)9-7-13/h3-10,16-17H,11H2,1-2H3. The smallest absolute Gasteiger partial charge is 0.119 e. The van der Waals surface area contributed by atoms with E-state index in [2.05, 4.69) is 0 Å². The Morgan fingerprint density at radius 3 is 2.50 bits per heavy atom. The lowest BCUT2D eigenvalue weighted by molar-refractivity contribution is 0.108. The van der Waals surface area contributed by atoms with Crippen LogP contribution in [-0.4, -0.2) is 25.1 Å². The van der Waals surface area contributed by atoms with E-state index in [4.69, 9.17) is 9.47 Å². The summed E-state index contributed by atoms with van der Waals surface area (Å²) in [4.78, 5) is 1.19. The van der Waals surface area contributed by atoms with Gasteiger partial charge in [0.1, 0.15) is 24.2 Å². The molecule has 0 fully saturated rings. The van der Waals surface area contributed by atoms with E-state index in [1.807, 2.05) is 54.8 Å². The van der Waals surface area contributed by atoms with Crippen molar-refractivity contribution < 1.29 is 14.6 Å². The lowest BCUT2D eigenvalue weighted by Crippen LogP contribution is -2.09. The molecule has 1 N–H and O–H groups in total. The number of aliphatic hydroxyl groups is 1. The summed E-state index contributed by atoms with van der Waals surface area (Å²) in [5, 5.41) is 10.1. The Morgan fingerprint density at radius 1 is 1.10 bits per heavy atom. The van der Waals surface area contributed by atoms with Crippen LogP contribution in [0.5, 0.6) is 11.5 Å². The topological polar surface area (TPSA) is 38.7 Å². The minimum Gasteiger partial charge on any atom is -0.497 e. The molecule has 2 aromatic rings. The fourth-order valence-electron chi connectivity index (χ4n) is 1.79. The lowest BCUT2D eigenvalue weighted by atomic mass is 10.1. The normalized spacial score (nSPS) is 11.9. The first-order valence-corrected chi connectivity index (χ1v) is 7.54. The van der Waals surface area contributed by atoms with E-state index in [1.165, 1.54) is 4.90 Å². The highest BCUT2D eigenvalue weighted by Gasteiger charge is 2.09. The molecular weight excluding hydrogens is 272 g/mol. The molecule has 0 amide bonds. The SMILES string of the molecule is COc1cccc(C(O)COc2ccc(SC)cc2)c1. The molecular formula is C16H18O3S. The molecule has 1 unspecified atom stereocenters. The van der Waals surface area contributed by atoms with Crippen LogP contribution < -0.4 is 9.47 Å². The van der Waals surface area contributed by atoms with Crippen LogP contribution in [0.2, 0.25) is 0 Å². The van der Waals surface area contributed by atoms with Gasteiger partial charge in [0.2, 0.25) is 0 Å².